The molecule has 1 aliphatic heterocycles. The van der Waals surface area contributed by atoms with Gasteiger partial charge in [-0.15, -0.1) is 0 Å². The molecule has 0 aliphatic carbocycles. The van der Waals surface area contributed by atoms with Crippen molar-refractivity contribution in [1.82, 2.24) is 19.8 Å². The second kappa shape index (κ2) is 7.82. The van der Waals surface area contributed by atoms with Gasteiger partial charge in [-0.3, -0.25) is 9.59 Å². The van der Waals surface area contributed by atoms with Crippen molar-refractivity contribution in [2.24, 2.45) is 0 Å². The molecule has 3 aromatic rings. The third-order valence-corrected chi connectivity index (χ3v) is 4.91. The molecule has 1 atom stereocenters. The first kappa shape index (κ1) is 18.2. The van der Waals surface area contributed by atoms with Crippen LogP contribution in [0, 0.1) is 0 Å². The van der Waals surface area contributed by atoms with E-state index in [9.17, 15) is 9.59 Å². The smallest absolute Gasteiger partial charge is 0.272 e. The molecule has 0 bridgehead atoms. The van der Waals surface area contributed by atoms with E-state index in [1.54, 1.807) is 33.8 Å². The average molecular weight is 378 g/mol. The lowest BCUT2D eigenvalue weighted by molar-refractivity contribution is 0.0303. The van der Waals surface area contributed by atoms with Crippen LogP contribution in [0.25, 0.3) is 5.52 Å². The van der Waals surface area contributed by atoms with Crippen LogP contribution in [-0.4, -0.2) is 52.6 Å². The van der Waals surface area contributed by atoms with Gasteiger partial charge in [-0.25, -0.2) is 4.52 Å². The molecule has 7 heteroatoms. The van der Waals surface area contributed by atoms with E-state index in [0.717, 1.165) is 11.1 Å². The number of rotatable bonds is 4. The van der Waals surface area contributed by atoms with Crippen molar-refractivity contribution in [3.8, 4) is 0 Å². The number of hydrogen-bond donors (Lipinski definition) is 1. The maximum atomic E-state index is 12.5. The fraction of sp³-hybridized carbons (Fsp3) is 0.286. The number of nitrogens with one attached hydrogen (secondary N) is 1. The lowest BCUT2D eigenvalue weighted by atomic mass is 10.1. The summed E-state index contributed by atoms with van der Waals surface area (Å²) in [6.45, 7) is 4.30. The van der Waals surface area contributed by atoms with E-state index in [0.29, 0.717) is 37.6 Å². The van der Waals surface area contributed by atoms with Crippen molar-refractivity contribution in [2.75, 3.05) is 26.3 Å². The van der Waals surface area contributed by atoms with Crippen LogP contribution in [-0.2, 0) is 4.74 Å². The van der Waals surface area contributed by atoms with Gasteiger partial charge in [0.25, 0.3) is 11.8 Å². The number of ether oxygens (including phenoxy) is 1. The van der Waals surface area contributed by atoms with E-state index >= 15 is 0 Å². The summed E-state index contributed by atoms with van der Waals surface area (Å²) in [7, 11) is 0. The van der Waals surface area contributed by atoms with Crippen LogP contribution in [0.5, 0.6) is 0 Å². The molecule has 0 saturated carbocycles. The monoisotopic (exact) mass is 378 g/mol. The third-order valence-electron chi connectivity index (χ3n) is 4.91. The topological polar surface area (TPSA) is 75.9 Å². The molecule has 1 N–H and O–H groups in total. The van der Waals surface area contributed by atoms with Gasteiger partial charge in [-0.05, 0) is 42.8 Å². The summed E-state index contributed by atoms with van der Waals surface area (Å²) in [5.41, 5.74) is 2.81. The highest BCUT2D eigenvalue weighted by atomic mass is 16.5. The zero-order valence-corrected chi connectivity index (χ0v) is 15.7. The van der Waals surface area contributed by atoms with Crippen LogP contribution in [0.3, 0.4) is 0 Å². The number of carbonyl (C=O) groups excluding carboxylic acids is 2. The number of carbonyl (C=O) groups is 2. The van der Waals surface area contributed by atoms with Gasteiger partial charge in [-0.2, -0.15) is 5.10 Å². The zero-order valence-electron chi connectivity index (χ0n) is 15.7. The van der Waals surface area contributed by atoms with E-state index in [-0.39, 0.29) is 17.9 Å². The van der Waals surface area contributed by atoms with Crippen LogP contribution < -0.4 is 5.32 Å². The maximum Gasteiger partial charge on any atom is 0.272 e. The Morgan fingerprint density at radius 3 is 2.57 bits per heavy atom. The SMILES string of the molecule is CC(NC(=O)c1cc2ccccn2n1)c1ccc(C(=O)N2CCOCC2)cc1. The second-order valence-corrected chi connectivity index (χ2v) is 6.82. The van der Waals surface area contributed by atoms with Crippen molar-refractivity contribution in [3.05, 3.63) is 71.5 Å². The highest BCUT2D eigenvalue weighted by Crippen LogP contribution is 2.16. The number of morpholine rings is 1. The van der Waals surface area contributed by atoms with Crippen molar-refractivity contribution in [3.63, 3.8) is 0 Å². The van der Waals surface area contributed by atoms with Gasteiger partial charge < -0.3 is 15.0 Å². The van der Waals surface area contributed by atoms with Crippen molar-refractivity contribution < 1.29 is 14.3 Å². The Balaban J connectivity index is 1.42. The van der Waals surface area contributed by atoms with Gasteiger partial charge in [0.1, 0.15) is 0 Å². The number of benzene rings is 1. The molecule has 0 radical (unpaired) electrons. The normalized spacial score (nSPS) is 15.4. The van der Waals surface area contributed by atoms with E-state index in [1.807, 2.05) is 37.3 Å². The highest BCUT2D eigenvalue weighted by Gasteiger charge is 2.19. The van der Waals surface area contributed by atoms with Gasteiger partial charge in [0, 0.05) is 24.8 Å². The maximum absolute atomic E-state index is 12.5. The number of nitrogens with zero attached hydrogens (tertiary/aromatic N) is 3. The summed E-state index contributed by atoms with van der Waals surface area (Å²) in [6.07, 6.45) is 1.81. The van der Waals surface area contributed by atoms with Crippen LogP contribution >= 0.6 is 0 Å². The number of fused-ring (bicyclic) bond motifs is 1. The largest absolute Gasteiger partial charge is 0.378 e. The molecule has 7 nitrogen and oxygen atoms in total. The van der Waals surface area contributed by atoms with Gasteiger partial charge in [0.05, 0.1) is 24.8 Å². The number of pyridine rings is 1. The average Bonchev–Trinajstić information content (AvgIpc) is 3.18. The quantitative estimate of drug-likeness (QED) is 0.756. The van der Waals surface area contributed by atoms with Crippen molar-refractivity contribution in [2.45, 2.75) is 13.0 Å². The summed E-state index contributed by atoms with van der Waals surface area (Å²) >= 11 is 0. The fourth-order valence-electron chi connectivity index (χ4n) is 3.27. The fourth-order valence-corrected chi connectivity index (χ4v) is 3.27. The predicted octanol–water partition coefficient (Wildman–Crippen LogP) is 2.30. The Morgan fingerprint density at radius 1 is 1.11 bits per heavy atom. The molecule has 2 amide bonds. The van der Waals surface area contributed by atoms with Gasteiger partial charge in [-0.1, -0.05) is 18.2 Å². The molecule has 1 aromatic carbocycles. The van der Waals surface area contributed by atoms with Gasteiger partial charge >= 0.3 is 0 Å². The minimum absolute atomic E-state index is 0.0104. The molecule has 1 unspecified atom stereocenters. The molecule has 1 aliphatic rings. The molecule has 144 valence electrons. The first-order chi connectivity index (χ1) is 13.6. The summed E-state index contributed by atoms with van der Waals surface area (Å²) < 4.78 is 6.96. The van der Waals surface area contributed by atoms with Crippen LogP contribution in [0.1, 0.15) is 39.4 Å². The Labute approximate surface area is 162 Å². The summed E-state index contributed by atoms with van der Waals surface area (Å²) in [6, 6.07) is 14.6. The van der Waals surface area contributed by atoms with Crippen molar-refractivity contribution >= 4 is 17.3 Å². The van der Waals surface area contributed by atoms with E-state index in [4.69, 9.17) is 4.74 Å². The Bertz CT molecular complexity index is 957. The third kappa shape index (κ3) is 3.75. The Morgan fingerprint density at radius 2 is 1.86 bits per heavy atom. The molecule has 2 aromatic heterocycles. The number of aromatic nitrogens is 2. The molecular weight excluding hydrogens is 356 g/mol. The first-order valence-corrected chi connectivity index (χ1v) is 9.34. The van der Waals surface area contributed by atoms with Crippen LogP contribution in [0.15, 0.2) is 54.7 Å². The minimum atomic E-state index is -0.232. The molecule has 4 rings (SSSR count). The van der Waals surface area contributed by atoms with Crippen LogP contribution in [0.4, 0.5) is 0 Å². The lowest BCUT2D eigenvalue weighted by Gasteiger charge is -2.27. The summed E-state index contributed by atoms with van der Waals surface area (Å²) in [5, 5.41) is 7.25. The number of amides is 2. The minimum Gasteiger partial charge on any atom is -0.378 e. The molecular formula is C21H22N4O3. The van der Waals surface area contributed by atoms with Crippen LogP contribution in [0.2, 0.25) is 0 Å². The number of hydrogen-bond acceptors (Lipinski definition) is 4. The van der Waals surface area contributed by atoms with E-state index in [2.05, 4.69) is 10.4 Å². The Hall–Kier alpha value is -3.19. The standard InChI is InChI=1S/C21H22N4O3/c1-15(22-20(26)19-14-18-4-2-3-9-25(18)23-19)16-5-7-17(8-6-16)21(27)24-10-12-28-13-11-24/h2-9,14-15H,10-13H2,1H3,(H,22,26). The zero-order chi connectivity index (χ0) is 19.5. The molecule has 0 spiro atoms. The van der Waals surface area contributed by atoms with E-state index < -0.39 is 0 Å². The summed E-state index contributed by atoms with van der Waals surface area (Å²) in [4.78, 5) is 26.8. The summed E-state index contributed by atoms with van der Waals surface area (Å²) in [5.74, 6) is -0.221. The van der Waals surface area contributed by atoms with Crippen molar-refractivity contribution in [1.29, 1.82) is 0 Å². The van der Waals surface area contributed by atoms with Gasteiger partial charge in [0.2, 0.25) is 0 Å². The highest BCUT2D eigenvalue weighted by molar-refractivity contribution is 5.95. The second-order valence-electron chi connectivity index (χ2n) is 6.82. The molecule has 1 saturated heterocycles. The Kier molecular flexibility index (Phi) is 5.08. The molecule has 28 heavy (non-hydrogen) atoms. The first-order valence-electron chi connectivity index (χ1n) is 9.34. The molecule has 1 fully saturated rings. The predicted molar refractivity (Wildman–Crippen MR) is 104 cm³/mol. The lowest BCUT2D eigenvalue weighted by Crippen LogP contribution is -2.40. The van der Waals surface area contributed by atoms with Gasteiger partial charge in [0.15, 0.2) is 5.69 Å². The molecule has 3 heterocycles. The van der Waals surface area contributed by atoms with E-state index in [1.165, 1.54) is 0 Å².